The van der Waals surface area contributed by atoms with Crippen molar-refractivity contribution in [3.8, 4) is 5.75 Å². The molecule has 8 heteroatoms. The molecule has 0 aromatic heterocycles. The Labute approximate surface area is 180 Å². The number of nitrogens with two attached hydrogens (primary N) is 1. The highest BCUT2D eigenvalue weighted by molar-refractivity contribution is 6.04. The standard InChI is InChI=1S/C23H26N4O4/c1-15(22(24)29)25-20-21(16-8-3-2-4-9-16)31-18-11-6-5-10-17(18)27(23(20)30)14-19(28)26-12-7-13-26/h2-6,8-11,15,20-21,25H,7,12-14H2,1H3,(H2,24,29)/t15-,20-,21+/m0/s1. The first-order valence-corrected chi connectivity index (χ1v) is 10.4. The van der Waals surface area contributed by atoms with Crippen molar-refractivity contribution in [3.05, 3.63) is 60.2 Å². The molecule has 0 unspecified atom stereocenters. The van der Waals surface area contributed by atoms with E-state index in [0.29, 0.717) is 24.5 Å². The first kappa shape index (κ1) is 20.9. The average molecular weight is 422 g/mol. The van der Waals surface area contributed by atoms with Crippen LogP contribution in [0.4, 0.5) is 5.69 Å². The average Bonchev–Trinajstić information content (AvgIpc) is 2.83. The van der Waals surface area contributed by atoms with E-state index in [2.05, 4.69) is 5.32 Å². The molecule has 2 aliphatic heterocycles. The zero-order valence-electron chi connectivity index (χ0n) is 17.4. The second-order valence-electron chi connectivity index (χ2n) is 7.84. The third kappa shape index (κ3) is 4.25. The number of anilines is 1. The lowest BCUT2D eigenvalue weighted by Crippen LogP contribution is -2.57. The Morgan fingerprint density at radius 1 is 1.13 bits per heavy atom. The Balaban J connectivity index is 1.75. The predicted molar refractivity (Wildman–Crippen MR) is 115 cm³/mol. The number of nitrogens with one attached hydrogen (secondary N) is 1. The normalized spacial score (nSPS) is 21.4. The summed E-state index contributed by atoms with van der Waals surface area (Å²) in [5, 5.41) is 3.04. The van der Waals surface area contributed by atoms with E-state index in [1.54, 1.807) is 30.0 Å². The number of benzene rings is 2. The van der Waals surface area contributed by atoms with Crippen molar-refractivity contribution in [1.82, 2.24) is 10.2 Å². The van der Waals surface area contributed by atoms with Gasteiger partial charge in [0.25, 0.3) is 0 Å². The van der Waals surface area contributed by atoms with E-state index in [1.165, 1.54) is 4.90 Å². The SMILES string of the molecule is C[C@H](N[C@@H]1C(=O)N(CC(=O)N2CCC2)c2ccccc2O[C@@H]1c1ccccc1)C(N)=O. The maximum atomic E-state index is 13.8. The molecule has 3 atom stereocenters. The Bertz CT molecular complexity index is 977. The number of carbonyl (C=O) groups is 3. The van der Waals surface area contributed by atoms with Crippen molar-refractivity contribution in [2.24, 2.45) is 5.73 Å². The molecular weight excluding hydrogens is 396 g/mol. The van der Waals surface area contributed by atoms with Crippen LogP contribution in [-0.4, -0.2) is 54.3 Å². The summed E-state index contributed by atoms with van der Waals surface area (Å²) in [7, 11) is 0. The summed E-state index contributed by atoms with van der Waals surface area (Å²) in [6, 6.07) is 14.8. The number of fused-ring (bicyclic) bond motifs is 1. The van der Waals surface area contributed by atoms with Gasteiger partial charge in [-0.25, -0.2) is 0 Å². The zero-order valence-corrected chi connectivity index (χ0v) is 17.4. The number of amides is 3. The van der Waals surface area contributed by atoms with Crippen molar-refractivity contribution in [3.63, 3.8) is 0 Å². The molecule has 3 N–H and O–H groups in total. The van der Waals surface area contributed by atoms with Gasteiger partial charge >= 0.3 is 0 Å². The van der Waals surface area contributed by atoms with Crippen LogP contribution < -0.4 is 20.7 Å². The van der Waals surface area contributed by atoms with Gasteiger partial charge in [0.15, 0.2) is 0 Å². The number of hydrogen-bond donors (Lipinski definition) is 2. The van der Waals surface area contributed by atoms with Crippen LogP contribution in [0.3, 0.4) is 0 Å². The van der Waals surface area contributed by atoms with E-state index in [1.807, 2.05) is 36.4 Å². The molecule has 0 bridgehead atoms. The van der Waals surface area contributed by atoms with Gasteiger partial charge in [-0.3, -0.25) is 24.6 Å². The monoisotopic (exact) mass is 422 g/mol. The maximum absolute atomic E-state index is 13.8. The van der Waals surface area contributed by atoms with E-state index >= 15 is 0 Å². The summed E-state index contributed by atoms with van der Waals surface area (Å²) in [4.78, 5) is 41.5. The Morgan fingerprint density at radius 2 is 1.81 bits per heavy atom. The lowest BCUT2D eigenvalue weighted by molar-refractivity contribution is -0.135. The van der Waals surface area contributed by atoms with Crippen LogP contribution in [0, 0.1) is 0 Å². The molecule has 0 spiro atoms. The topological polar surface area (TPSA) is 105 Å². The molecule has 1 fully saturated rings. The lowest BCUT2D eigenvalue weighted by atomic mass is 10.00. The smallest absolute Gasteiger partial charge is 0.248 e. The van der Waals surface area contributed by atoms with Crippen molar-refractivity contribution in [2.75, 3.05) is 24.5 Å². The fourth-order valence-corrected chi connectivity index (χ4v) is 3.78. The van der Waals surface area contributed by atoms with Crippen LogP contribution >= 0.6 is 0 Å². The summed E-state index contributed by atoms with van der Waals surface area (Å²) in [5.41, 5.74) is 6.76. The van der Waals surface area contributed by atoms with Gasteiger partial charge in [-0.2, -0.15) is 0 Å². The molecule has 0 aliphatic carbocycles. The van der Waals surface area contributed by atoms with E-state index in [-0.39, 0.29) is 18.4 Å². The second-order valence-corrected chi connectivity index (χ2v) is 7.84. The summed E-state index contributed by atoms with van der Waals surface area (Å²) in [5.74, 6) is -0.545. The van der Waals surface area contributed by atoms with Gasteiger partial charge < -0.3 is 15.4 Å². The van der Waals surface area contributed by atoms with Gasteiger partial charge in [-0.1, -0.05) is 42.5 Å². The molecule has 2 aliphatic rings. The fraction of sp³-hybridized carbons (Fsp3) is 0.348. The van der Waals surface area contributed by atoms with Crippen molar-refractivity contribution >= 4 is 23.4 Å². The van der Waals surface area contributed by atoms with Crippen LogP contribution in [-0.2, 0) is 14.4 Å². The number of primary amides is 1. The molecule has 1 saturated heterocycles. The van der Waals surface area contributed by atoms with E-state index in [9.17, 15) is 14.4 Å². The molecule has 0 saturated carbocycles. The molecule has 2 aromatic rings. The highest BCUT2D eigenvalue weighted by Gasteiger charge is 2.41. The quantitative estimate of drug-likeness (QED) is 0.728. The molecule has 0 radical (unpaired) electrons. The number of ether oxygens (including phenoxy) is 1. The maximum Gasteiger partial charge on any atom is 0.248 e. The number of likely N-dealkylation sites (tertiary alicyclic amines) is 1. The van der Waals surface area contributed by atoms with Crippen LogP contribution in [0.5, 0.6) is 5.75 Å². The van der Waals surface area contributed by atoms with Crippen LogP contribution in [0.25, 0.3) is 0 Å². The zero-order chi connectivity index (χ0) is 22.0. The van der Waals surface area contributed by atoms with Gasteiger partial charge in [0.1, 0.15) is 24.4 Å². The fourth-order valence-electron chi connectivity index (χ4n) is 3.78. The van der Waals surface area contributed by atoms with Crippen LogP contribution in [0.15, 0.2) is 54.6 Å². The third-order valence-electron chi connectivity index (χ3n) is 5.73. The molecule has 2 aromatic carbocycles. The van der Waals surface area contributed by atoms with Crippen LogP contribution in [0.2, 0.25) is 0 Å². The first-order chi connectivity index (χ1) is 15.0. The molecule has 162 valence electrons. The largest absolute Gasteiger partial charge is 0.481 e. The second kappa shape index (κ2) is 8.77. The van der Waals surface area contributed by atoms with Crippen LogP contribution in [0.1, 0.15) is 25.0 Å². The Hall–Kier alpha value is -3.39. The summed E-state index contributed by atoms with van der Waals surface area (Å²) in [6.45, 7) is 2.91. The number of nitrogens with zero attached hydrogens (tertiary/aromatic N) is 2. The number of para-hydroxylation sites is 2. The molecule has 4 rings (SSSR count). The minimum absolute atomic E-state index is 0.0934. The van der Waals surface area contributed by atoms with E-state index in [0.717, 1.165) is 12.0 Å². The van der Waals surface area contributed by atoms with Gasteiger partial charge in [0.2, 0.25) is 17.7 Å². The molecule has 31 heavy (non-hydrogen) atoms. The summed E-state index contributed by atoms with van der Waals surface area (Å²) >= 11 is 0. The lowest BCUT2D eigenvalue weighted by Gasteiger charge is -2.34. The molecule has 2 heterocycles. The number of carbonyl (C=O) groups excluding carboxylic acids is 3. The number of hydrogen-bond acceptors (Lipinski definition) is 5. The van der Waals surface area contributed by atoms with Gasteiger partial charge in [-0.15, -0.1) is 0 Å². The van der Waals surface area contributed by atoms with Crippen molar-refractivity contribution in [1.29, 1.82) is 0 Å². The molecule has 8 nitrogen and oxygen atoms in total. The molecule has 3 amide bonds. The third-order valence-corrected chi connectivity index (χ3v) is 5.73. The van der Waals surface area contributed by atoms with Crippen molar-refractivity contribution in [2.45, 2.75) is 31.5 Å². The Kier molecular flexibility index (Phi) is 5.90. The van der Waals surface area contributed by atoms with Gasteiger partial charge in [0, 0.05) is 13.1 Å². The van der Waals surface area contributed by atoms with Crippen molar-refractivity contribution < 1.29 is 19.1 Å². The number of rotatable bonds is 6. The predicted octanol–water partition coefficient (Wildman–Crippen LogP) is 1.22. The highest BCUT2D eigenvalue weighted by Crippen LogP contribution is 2.38. The summed E-state index contributed by atoms with van der Waals surface area (Å²) < 4.78 is 6.32. The minimum Gasteiger partial charge on any atom is -0.481 e. The molecular formula is C23H26N4O4. The Morgan fingerprint density at radius 3 is 2.45 bits per heavy atom. The highest BCUT2D eigenvalue weighted by atomic mass is 16.5. The first-order valence-electron chi connectivity index (χ1n) is 10.4. The van der Waals surface area contributed by atoms with Gasteiger partial charge in [0.05, 0.1) is 11.7 Å². The van der Waals surface area contributed by atoms with E-state index in [4.69, 9.17) is 10.5 Å². The minimum atomic E-state index is -0.915. The van der Waals surface area contributed by atoms with E-state index < -0.39 is 24.1 Å². The van der Waals surface area contributed by atoms with Gasteiger partial charge in [-0.05, 0) is 31.0 Å². The summed E-state index contributed by atoms with van der Waals surface area (Å²) in [6.07, 6.45) is 0.260.